The predicted octanol–water partition coefficient (Wildman–Crippen LogP) is 4.10. The van der Waals surface area contributed by atoms with Crippen LogP contribution < -0.4 is 10.2 Å². The highest BCUT2D eigenvalue weighted by Gasteiger charge is 2.15. The van der Waals surface area contributed by atoms with Gasteiger partial charge in [-0.3, -0.25) is 9.78 Å². The Labute approximate surface area is 150 Å². The molecule has 0 saturated carbocycles. The Kier molecular flexibility index (Phi) is 5.14. The van der Waals surface area contributed by atoms with Gasteiger partial charge in [0.1, 0.15) is 11.5 Å². The van der Waals surface area contributed by atoms with Crippen molar-refractivity contribution in [2.24, 2.45) is 0 Å². The third-order valence-electron chi connectivity index (χ3n) is 4.23. The zero-order valence-electron chi connectivity index (χ0n) is 14.0. The molecule has 0 spiro atoms. The number of rotatable bonds is 3. The second-order valence-corrected chi connectivity index (χ2v) is 7.04. The summed E-state index contributed by atoms with van der Waals surface area (Å²) in [6.45, 7) is 6.08. The number of nitrogens with one attached hydrogen (secondary N) is 1. The van der Waals surface area contributed by atoms with Crippen molar-refractivity contribution in [2.45, 2.75) is 33.1 Å². The van der Waals surface area contributed by atoms with Crippen molar-refractivity contribution >= 4 is 33.3 Å². The quantitative estimate of drug-likeness (QED) is 0.859. The van der Waals surface area contributed by atoms with Crippen LogP contribution in [0.3, 0.4) is 0 Å². The van der Waals surface area contributed by atoms with E-state index < -0.39 is 0 Å². The molecule has 1 saturated heterocycles. The second-order valence-electron chi connectivity index (χ2n) is 6.19. The molecule has 6 heteroatoms. The van der Waals surface area contributed by atoms with E-state index in [1.807, 2.05) is 19.9 Å². The average molecular weight is 389 g/mol. The van der Waals surface area contributed by atoms with Crippen LogP contribution in [0.5, 0.6) is 0 Å². The Hall–Kier alpha value is -1.95. The predicted molar refractivity (Wildman–Crippen MR) is 99.7 cm³/mol. The highest BCUT2D eigenvalue weighted by Crippen LogP contribution is 2.24. The van der Waals surface area contributed by atoms with E-state index in [2.05, 4.69) is 36.1 Å². The Morgan fingerprint density at radius 2 is 1.83 bits per heavy atom. The third-order valence-corrected chi connectivity index (χ3v) is 5.09. The molecule has 0 unspecified atom stereocenters. The molecule has 126 valence electrons. The van der Waals surface area contributed by atoms with Gasteiger partial charge in [0.25, 0.3) is 5.91 Å². The summed E-state index contributed by atoms with van der Waals surface area (Å²) in [6.07, 6.45) is 7.13. The van der Waals surface area contributed by atoms with E-state index in [0.29, 0.717) is 11.4 Å². The zero-order chi connectivity index (χ0) is 17.1. The van der Waals surface area contributed by atoms with Gasteiger partial charge in [-0.05, 0) is 56.4 Å². The standard InChI is InChI=1S/C18H21BrN4O/c1-12-8-14(11-21-17(12)23-6-4-3-5-7-23)22-18(24)16-9-15(19)13(2)10-20-16/h8-11H,3-7H2,1-2H3,(H,22,24). The van der Waals surface area contributed by atoms with Gasteiger partial charge in [-0.1, -0.05) is 15.9 Å². The number of aromatic nitrogens is 2. The van der Waals surface area contributed by atoms with Crippen LogP contribution in [0.4, 0.5) is 11.5 Å². The number of nitrogens with zero attached hydrogens (tertiary/aromatic N) is 3. The van der Waals surface area contributed by atoms with E-state index in [-0.39, 0.29) is 5.91 Å². The molecule has 5 nitrogen and oxygen atoms in total. The molecule has 1 fully saturated rings. The molecular weight excluding hydrogens is 368 g/mol. The number of carbonyl (C=O) groups is 1. The Balaban J connectivity index is 1.74. The molecule has 0 aromatic carbocycles. The first kappa shape index (κ1) is 16.9. The fraction of sp³-hybridized carbons (Fsp3) is 0.389. The number of amides is 1. The molecule has 1 aliphatic rings. The van der Waals surface area contributed by atoms with Gasteiger partial charge in [-0.2, -0.15) is 0 Å². The first-order valence-electron chi connectivity index (χ1n) is 8.19. The van der Waals surface area contributed by atoms with Gasteiger partial charge in [-0.25, -0.2) is 4.98 Å². The molecule has 2 aromatic heterocycles. The summed E-state index contributed by atoms with van der Waals surface area (Å²) in [7, 11) is 0. The van der Waals surface area contributed by atoms with Crippen LogP contribution in [0.15, 0.2) is 29.0 Å². The first-order chi connectivity index (χ1) is 11.5. The van der Waals surface area contributed by atoms with Gasteiger partial charge in [0.05, 0.1) is 11.9 Å². The van der Waals surface area contributed by atoms with E-state index in [4.69, 9.17) is 0 Å². The topological polar surface area (TPSA) is 58.1 Å². The Morgan fingerprint density at radius 1 is 1.08 bits per heavy atom. The molecule has 3 rings (SSSR count). The zero-order valence-corrected chi connectivity index (χ0v) is 15.6. The fourth-order valence-corrected chi connectivity index (χ4v) is 3.21. The number of carbonyl (C=O) groups excluding carboxylic acids is 1. The van der Waals surface area contributed by atoms with Crippen molar-refractivity contribution in [1.82, 2.24) is 9.97 Å². The van der Waals surface area contributed by atoms with Crippen LogP contribution in [0.1, 0.15) is 40.9 Å². The number of pyridine rings is 2. The van der Waals surface area contributed by atoms with Crippen molar-refractivity contribution in [3.8, 4) is 0 Å². The van der Waals surface area contributed by atoms with Gasteiger partial charge in [0, 0.05) is 23.8 Å². The molecule has 1 amide bonds. The molecular formula is C18H21BrN4O. The molecule has 0 atom stereocenters. The number of anilines is 2. The van der Waals surface area contributed by atoms with Crippen molar-refractivity contribution in [1.29, 1.82) is 0 Å². The monoisotopic (exact) mass is 388 g/mol. The van der Waals surface area contributed by atoms with E-state index in [9.17, 15) is 4.79 Å². The number of aryl methyl sites for hydroxylation is 2. The first-order valence-corrected chi connectivity index (χ1v) is 8.99. The summed E-state index contributed by atoms with van der Waals surface area (Å²) < 4.78 is 0.873. The molecule has 0 radical (unpaired) electrons. The number of halogens is 1. The Bertz CT molecular complexity index is 757. The lowest BCUT2D eigenvalue weighted by atomic mass is 10.1. The van der Waals surface area contributed by atoms with Crippen LogP contribution in [-0.2, 0) is 0 Å². The van der Waals surface area contributed by atoms with Gasteiger partial charge in [0.2, 0.25) is 0 Å². The summed E-state index contributed by atoms with van der Waals surface area (Å²) in [5, 5.41) is 2.87. The molecule has 24 heavy (non-hydrogen) atoms. The SMILES string of the molecule is Cc1cnc(C(=O)Nc2cnc(N3CCCCC3)c(C)c2)cc1Br. The highest BCUT2D eigenvalue weighted by molar-refractivity contribution is 9.10. The van der Waals surface area contributed by atoms with Crippen molar-refractivity contribution in [3.05, 3.63) is 45.8 Å². The summed E-state index contributed by atoms with van der Waals surface area (Å²) in [5.74, 6) is 0.784. The van der Waals surface area contributed by atoms with E-state index in [1.54, 1.807) is 18.5 Å². The third kappa shape index (κ3) is 3.75. The highest BCUT2D eigenvalue weighted by atomic mass is 79.9. The largest absolute Gasteiger partial charge is 0.356 e. The summed E-state index contributed by atoms with van der Waals surface area (Å²) in [5.41, 5.74) is 3.14. The van der Waals surface area contributed by atoms with Gasteiger partial charge < -0.3 is 10.2 Å². The second kappa shape index (κ2) is 7.30. The summed E-state index contributed by atoms with van der Waals surface area (Å²) in [4.78, 5) is 23.4. The summed E-state index contributed by atoms with van der Waals surface area (Å²) in [6, 6.07) is 3.70. The number of piperidine rings is 1. The van der Waals surface area contributed by atoms with Crippen molar-refractivity contribution < 1.29 is 4.79 Å². The van der Waals surface area contributed by atoms with Crippen LogP contribution in [0.25, 0.3) is 0 Å². The van der Waals surface area contributed by atoms with E-state index >= 15 is 0 Å². The normalized spacial score (nSPS) is 14.5. The minimum atomic E-state index is -0.234. The number of hydrogen-bond donors (Lipinski definition) is 1. The van der Waals surface area contributed by atoms with Gasteiger partial charge in [0.15, 0.2) is 0 Å². The minimum absolute atomic E-state index is 0.234. The van der Waals surface area contributed by atoms with Gasteiger partial charge >= 0.3 is 0 Å². The number of hydrogen-bond acceptors (Lipinski definition) is 4. The van der Waals surface area contributed by atoms with E-state index in [0.717, 1.165) is 34.5 Å². The van der Waals surface area contributed by atoms with Crippen LogP contribution in [-0.4, -0.2) is 29.0 Å². The van der Waals surface area contributed by atoms with Gasteiger partial charge in [-0.15, -0.1) is 0 Å². The lowest BCUT2D eigenvalue weighted by Gasteiger charge is -2.29. The lowest BCUT2D eigenvalue weighted by molar-refractivity contribution is 0.102. The molecule has 3 heterocycles. The van der Waals surface area contributed by atoms with Crippen LogP contribution >= 0.6 is 15.9 Å². The smallest absolute Gasteiger partial charge is 0.274 e. The molecule has 0 aliphatic carbocycles. The average Bonchev–Trinajstić information content (AvgIpc) is 2.58. The Morgan fingerprint density at radius 3 is 2.50 bits per heavy atom. The van der Waals surface area contributed by atoms with Crippen molar-refractivity contribution in [2.75, 3.05) is 23.3 Å². The molecule has 1 N–H and O–H groups in total. The maximum atomic E-state index is 12.3. The molecule has 2 aromatic rings. The lowest BCUT2D eigenvalue weighted by Crippen LogP contribution is -2.30. The van der Waals surface area contributed by atoms with Crippen LogP contribution in [0.2, 0.25) is 0 Å². The molecule has 1 aliphatic heterocycles. The molecule has 0 bridgehead atoms. The minimum Gasteiger partial charge on any atom is -0.356 e. The fourth-order valence-electron chi connectivity index (χ4n) is 2.89. The maximum Gasteiger partial charge on any atom is 0.274 e. The van der Waals surface area contributed by atoms with Crippen LogP contribution in [0, 0.1) is 13.8 Å². The van der Waals surface area contributed by atoms with Crippen molar-refractivity contribution in [3.63, 3.8) is 0 Å². The maximum absolute atomic E-state index is 12.3. The van der Waals surface area contributed by atoms with E-state index in [1.165, 1.54) is 19.3 Å². The summed E-state index contributed by atoms with van der Waals surface area (Å²) >= 11 is 3.43.